The van der Waals surface area contributed by atoms with E-state index in [1.807, 2.05) is 13.8 Å². The van der Waals surface area contributed by atoms with Crippen molar-refractivity contribution in [3.8, 4) is 0 Å². The maximum atomic E-state index is 11.0. The Kier molecular flexibility index (Phi) is 7.68. The van der Waals surface area contributed by atoms with Crippen molar-refractivity contribution in [1.82, 2.24) is 0 Å². The molecule has 1 radical (unpaired) electrons. The zero-order valence-corrected chi connectivity index (χ0v) is 9.45. The molecule has 0 aliphatic carbocycles. The molecule has 4 nitrogen and oxygen atoms in total. The van der Waals surface area contributed by atoms with Gasteiger partial charge < -0.3 is 4.74 Å². The van der Waals surface area contributed by atoms with Gasteiger partial charge in [0, 0.05) is 6.42 Å². The number of esters is 1. The number of hydrogen-bond acceptors (Lipinski definition) is 3. The van der Waals surface area contributed by atoms with Crippen LogP contribution in [0.4, 0.5) is 0 Å². The molecule has 0 heterocycles. The van der Waals surface area contributed by atoms with Gasteiger partial charge in [0.05, 0.1) is 13.0 Å². The summed E-state index contributed by atoms with van der Waals surface area (Å²) in [5, 5.41) is 10.1. The zero-order chi connectivity index (χ0) is 11.7. The molecule has 1 unspecified atom stereocenters. The Morgan fingerprint density at radius 2 is 1.93 bits per heavy atom. The van der Waals surface area contributed by atoms with E-state index in [9.17, 15) is 14.7 Å². The lowest BCUT2D eigenvalue weighted by molar-refractivity contribution is -0.146. The second kappa shape index (κ2) is 8.26. The van der Waals surface area contributed by atoms with E-state index >= 15 is 0 Å². The third kappa shape index (κ3) is 9.25. The normalized spacial score (nSPS) is 12.1. The minimum atomic E-state index is -1.02. The summed E-state index contributed by atoms with van der Waals surface area (Å²) in [4.78, 5) is 21.1. The van der Waals surface area contributed by atoms with Gasteiger partial charge in [-0.25, -0.2) is 9.90 Å². The molecule has 4 heteroatoms. The van der Waals surface area contributed by atoms with Gasteiger partial charge in [0.15, 0.2) is 0 Å². The van der Waals surface area contributed by atoms with Gasteiger partial charge in [0.2, 0.25) is 0 Å². The molecule has 1 atom stereocenters. The number of carbonyl (C=O) groups excluding carboxylic acids is 2. The van der Waals surface area contributed by atoms with Gasteiger partial charge >= 0.3 is 11.9 Å². The van der Waals surface area contributed by atoms with Crippen LogP contribution in [0, 0.1) is 5.92 Å². The Morgan fingerprint density at radius 3 is 2.47 bits per heavy atom. The number of ether oxygens (including phenoxy) is 1. The van der Waals surface area contributed by atoms with Crippen LogP contribution in [0.2, 0.25) is 0 Å². The summed E-state index contributed by atoms with van der Waals surface area (Å²) >= 11 is 0. The van der Waals surface area contributed by atoms with Gasteiger partial charge in [-0.2, -0.15) is 0 Å². The molecule has 0 N–H and O–H groups in total. The van der Waals surface area contributed by atoms with Crippen molar-refractivity contribution in [2.45, 2.75) is 46.0 Å². The van der Waals surface area contributed by atoms with Gasteiger partial charge in [-0.15, -0.1) is 0 Å². The summed E-state index contributed by atoms with van der Waals surface area (Å²) < 4.78 is 5.00. The zero-order valence-electron chi connectivity index (χ0n) is 9.45. The fraction of sp³-hybridized carbons (Fsp3) is 0.818. The summed E-state index contributed by atoms with van der Waals surface area (Å²) in [6, 6.07) is 0. The molecule has 15 heavy (non-hydrogen) atoms. The smallest absolute Gasteiger partial charge is 0.355 e. The van der Waals surface area contributed by atoms with Crippen LogP contribution in [0.1, 0.15) is 46.0 Å². The van der Waals surface area contributed by atoms with Crippen LogP contribution >= 0.6 is 0 Å². The summed E-state index contributed by atoms with van der Waals surface area (Å²) in [6.45, 7) is 4.24. The first-order chi connectivity index (χ1) is 7.06. The quantitative estimate of drug-likeness (QED) is 0.582. The molecule has 0 saturated carbocycles. The SMILES string of the molecule is CCCC(=O)OCC(C)CCCC([O])=O. The van der Waals surface area contributed by atoms with Gasteiger partial charge in [0.25, 0.3) is 0 Å². The molecule has 0 rings (SSSR count). The first-order valence-electron chi connectivity index (χ1n) is 5.41. The molecule has 0 fully saturated rings. The Labute approximate surface area is 90.6 Å². The Hall–Kier alpha value is -1.06. The van der Waals surface area contributed by atoms with Crippen LogP contribution in [0.5, 0.6) is 0 Å². The highest BCUT2D eigenvalue weighted by molar-refractivity contribution is 5.69. The molecule has 0 aromatic heterocycles. The molecule has 0 aliphatic heterocycles. The van der Waals surface area contributed by atoms with Crippen molar-refractivity contribution < 1.29 is 19.4 Å². The van der Waals surface area contributed by atoms with Crippen molar-refractivity contribution in [3.05, 3.63) is 0 Å². The lowest BCUT2D eigenvalue weighted by Gasteiger charge is -2.10. The number of hydrogen-bond donors (Lipinski definition) is 0. The van der Waals surface area contributed by atoms with Crippen LogP contribution in [0.25, 0.3) is 0 Å². The highest BCUT2D eigenvalue weighted by Gasteiger charge is 2.08. The highest BCUT2D eigenvalue weighted by atomic mass is 16.5. The number of rotatable bonds is 8. The predicted molar refractivity (Wildman–Crippen MR) is 54.6 cm³/mol. The van der Waals surface area contributed by atoms with Gasteiger partial charge in [0.1, 0.15) is 0 Å². The van der Waals surface area contributed by atoms with Crippen LogP contribution in [-0.2, 0) is 19.4 Å². The van der Waals surface area contributed by atoms with Crippen molar-refractivity contribution >= 4 is 11.9 Å². The first kappa shape index (κ1) is 13.9. The molecule has 0 amide bonds. The van der Waals surface area contributed by atoms with Gasteiger partial charge in [-0.3, -0.25) is 4.79 Å². The third-order valence-corrected chi connectivity index (χ3v) is 2.06. The number of carbonyl (C=O) groups is 2. The van der Waals surface area contributed by atoms with Gasteiger partial charge in [-0.05, 0) is 25.2 Å². The largest absolute Gasteiger partial charge is 0.465 e. The minimum Gasteiger partial charge on any atom is -0.465 e. The van der Waals surface area contributed by atoms with Crippen LogP contribution in [-0.4, -0.2) is 18.5 Å². The monoisotopic (exact) mass is 215 g/mol. The Morgan fingerprint density at radius 1 is 1.27 bits per heavy atom. The second-order valence-corrected chi connectivity index (χ2v) is 3.80. The van der Waals surface area contributed by atoms with Crippen LogP contribution in [0.15, 0.2) is 0 Å². The van der Waals surface area contributed by atoms with E-state index in [-0.39, 0.29) is 18.3 Å². The molecule has 0 aromatic carbocycles. The minimum absolute atomic E-state index is 0.0766. The summed E-state index contributed by atoms with van der Waals surface area (Å²) in [5.74, 6) is -0.986. The van der Waals surface area contributed by atoms with E-state index in [0.717, 1.165) is 12.8 Å². The second-order valence-electron chi connectivity index (χ2n) is 3.80. The van der Waals surface area contributed by atoms with E-state index in [1.54, 1.807) is 0 Å². The highest BCUT2D eigenvalue weighted by Crippen LogP contribution is 2.08. The average molecular weight is 215 g/mol. The van der Waals surface area contributed by atoms with E-state index in [1.165, 1.54) is 0 Å². The van der Waals surface area contributed by atoms with Crippen LogP contribution in [0.3, 0.4) is 0 Å². The summed E-state index contributed by atoms with van der Waals surface area (Å²) in [5.41, 5.74) is 0. The van der Waals surface area contributed by atoms with Gasteiger partial charge in [-0.1, -0.05) is 13.8 Å². The lowest BCUT2D eigenvalue weighted by Crippen LogP contribution is -2.11. The first-order valence-corrected chi connectivity index (χ1v) is 5.41. The average Bonchev–Trinajstić information content (AvgIpc) is 2.14. The topological polar surface area (TPSA) is 63.3 Å². The Balaban J connectivity index is 3.44. The molecule has 87 valence electrons. The van der Waals surface area contributed by atoms with Crippen molar-refractivity contribution in [1.29, 1.82) is 0 Å². The Bertz CT molecular complexity index is 201. The fourth-order valence-corrected chi connectivity index (χ4v) is 1.19. The van der Waals surface area contributed by atoms with Crippen molar-refractivity contribution in [2.24, 2.45) is 5.92 Å². The molecule has 0 spiro atoms. The molecular weight excluding hydrogens is 196 g/mol. The fourth-order valence-electron chi connectivity index (χ4n) is 1.19. The third-order valence-electron chi connectivity index (χ3n) is 2.06. The maximum Gasteiger partial charge on any atom is 0.355 e. The predicted octanol–water partition coefficient (Wildman–Crippen LogP) is 2.09. The summed E-state index contributed by atoms with van der Waals surface area (Å²) in [6.07, 6.45) is 2.64. The molecule has 0 bridgehead atoms. The molecule has 0 saturated heterocycles. The standard InChI is InChI=1S/C11H19O4/c1-3-5-11(14)15-8-9(2)6-4-7-10(12)13/h9H,3-8H2,1-2H3. The maximum absolute atomic E-state index is 11.0. The van der Waals surface area contributed by atoms with E-state index in [2.05, 4.69) is 0 Å². The van der Waals surface area contributed by atoms with Crippen LogP contribution < -0.4 is 0 Å². The summed E-state index contributed by atoms with van der Waals surface area (Å²) in [7, 11) is 0. The lowest BCUT2D eigenvalue weighted by atomic mass is 10.1. The van der Waals surface area contributed by atoms with Crippen molar-refractivity contribution in [2.75, 3.05) is 6.61 Å². The van der Waals surface area contributed by atoms with Crippen molar-refractivity contribution in [3.63, 3.8) is 0 Å². The van der Waals surface area contributed by atoms with E-state index in [4.69, 9.17) is 4.74 Å². The van der Waals surface area contributed by atoms with E-state index < -0.39 is 5.97 Å². The molecule has 0 aromatic rings. The molecule has 0 aliphatic rings. The van der Waals surface area contributed by atoms with E-state index in [0.29, 0.717) is 19.4 Å². The molecular formula is C11H19O4.